The summed E-state index contributed by atoms with van der Waals surface area (Å²) in [6.07, 6.45) is 3.15. The molecule has 0 saturated heterocycles. The summed E-state index contributed by atoms with van der Waals surface area (Å²) in [5.41, 5.74) is 0. The topological polar surface area (TPSA) is 38.3 Å². The first kappa shape index (κ1) is 12.2. The van der Waals surface area contributed by atoms with Crippen LogP contribution in [0.25, 0.3) is 0 Å². The second kappa shape index (κ2) is 7.80. The smallest absolute Gasteiger partial charge is 0.330 e. The van der Waals surface area contributed by atoms with Gasteiger partial charge in [0.05, 0.1) is 6.61 Å². The minimum atomic E-state index is -0.344. The van der Waals surface area contributed by atoms with E-state index >= 15 is 0 Å². The predicted octanol–water partition coefficient (Wildman–Crippen LogP) is 1.49. The van der Waals surface area contributed by atoms with Gasteiger partial charge < -0.3 is 10.1 Å². The Kier molecular flexibility index (Phi) is 7.30. The molecule has 1 unspecified atom stereocenters. The zero-order valence-corrected chi connectivity index (χ0v) is 8.51. The summed E-state index contributed by atoms with van der Waals surface area (Å²) in [7, 11) is 0. The highest BCUT2D eigenvalue weighted by Crippen LogP contribution is 1.89. The molecule has 3 heteroatoms. The molecule has 0 fully saturated rings. The molecule has 0 aliphatic carbocycles. The maximum Gasteiger partial charge on any atom is 0.330 e. The van der Waals surface area contributed by atoms with Crippen molar-refractivity contribution in [3.05, 3.63) is 12.7 Å². The average molecular weight is 185 g/mol. The fourth-order valence-electron chi connectivity index (χ4n) is 0.797. The monoisotopic (exact) mass is 185 g/mol. The molecule has 0 bridgehead atoms. The third kappa shape index (κ3) is 7.53. The van der Waals surface area contributed by atoms with Gasteiger partial charge in [-0.1, -0.05) is 13.5 Å². The number of hydrogen-bond donors (Lipinski definition) is 1. The van der Waals surface area contributed by atoms with E-state index in [4.69, 9.17) is 4.74 Å². The van der Waals surface area contributed by atoms with Crippen LogP contribution in [-0.2, 0) is 9.53 Å². The summed E-state index contributed by atoms with van der Waals surface area (Å²) in [4.78, 5) is 10.6. The summed E-state index contributed by atoms with van der Waals surface area (Å²) in [5, 5.41) is 3.31. The van der Waals surface area contributed by atoms with Gasteiger partial charge in [-0.25, -0.2) is 4.79 Å². The predicted molar refractivity (Wildman–Crippen MR) is 53.5 cm³/mol. The van der Waals surface area contributed by atoms with Crippen LogP contribution in [0.3, 0.4) is 0 Å². The van der Waals surface area contributed by atoms with Crippen LogP contribution in [0.4, 0.5) is 0 Å². The summed E-state index contributed by atoms with van der Waals surface area (Å²) in [6, 6.07) is 0.537. The standard InChI is InChI=1S/C10H19NO2/c1-4-9(3)11-7-6-8-13-10(12)5-2/h5,9,11H,2,4,6-8H2,1,3H3. The van der Waals surface area contributed by atoms with Gasteiger partial charge in [-0.3, -0.25) is 0 Å². The van der Waals surface area contributed by atoms with E-state index in [9.17, 15) is 4.79 Å². The number of ether oxygens (including phenoxy) is 1. The van der Waals surface area contributed by atoms with Crippen LogP contribution in [0, 0.1) is 0 Å². The molecule has 1 N–H and O–H groups in total. The fraction of sp³-hybridized carbons (Fsp3) is 0.700. The minimum absolute atomic E-state index is 0.344. The molecule has 13 heavy (non-hydrogen) atoms. The van der Waals surface area contributed by atoms with Gasteiger partial charge >= 0.3 is 5.97 Å². The summed E-state index contributed by atoms with van der Waals surface area (Å²) >= 11 is 0. The maximum atomic E-state index is 10.6. The molecule has 0 radical (unpaired) electrons. The van der Waals surface area contributed by atoms with Crippen LogP contribution in [0.1, 0.15) is 26.7 Å². The van der Waals surface area contributed by atoms with E-state index in [-0.39, 0.29) is 5.97 Å². The lowest BCUT2D eigenvalue weighted by molar-refractivity contribution is -0.137. The van der Waals surface area contributed by atoms with E-state index in [0.29, 0.717) is 12.6 Å². The Morgan fingerprint density at radius 3 is 2.92 bits per heavy atom. The minimum Gasteiger partial charge on any atom is -0.462 e. The Balaban J connectivity index is 3.17. The van der Waals surface area contributed by atoms with Crippen molar-refractivity contribution in [2.24, 2.45) is 0 Å². The molecule has 0 aliphatic heterocycles. The molecule has 0 aromatic rings. The van der Waals surface area contributed by atoms with Gasteiger partial charge in [-0.15, -0.1) is 0 Å². The highest BCUT2D eigenvalue weighted by molar-refractivity contribution is 5.81. The molecule has 0 heterocycles. The Morgan fingerprint density at radius 1 is 1.69 bits per heavy atom. The van der Waals surface area contributed by atoms with Crippen molar-refractivity contribution in [3.63, 3.8) is 0 Å². The van der Waals surface area contributed by atoms with E-state index in [0.717, 1.165) is 19.4 Å². The molecule has 0 rings (SSSR count). The highest BCUT2D eigenvalue weighted by Gasteiger charge is 1.97. The molecule has 0 aliphatic rings. The van der Waals surface area contributed by atoms with Crippen molar-refractivity contribution < 1.29 is 9.53 Å². The van der Waals surface area contributed by atoms with Crippen molar-refractivity contribution >= 4 is 5.97 Å². The number of nitrogens with one attached hydrogen (secondary N) is 1. The Hall–Kier alpha value is -0.830. The number of carbonyl (C=O) groups is 1. The van der Waals surface area contributed by atoms with Gasteiger partial charge in [0.15, 0.2) is 0 Å². The summed E-state index contributed by atoms with van der Waals surface area (Å²) in [6.45, 7) is 8.93. The zero-order chi connectivity index (χ0) is 10.1. The molecule has 0 aromatic heterocycles. The lowest BCUT2D eigenvalue weighted by atomic mass is 10.2. The SMILES string of the molecule is C=CC(=O)OCCCNC(C)CC. The van der Waals surface area contributed by atoms with E-state index in [1.807, 2.05) is 0 Å². The van der Waals surface area contributed by atoms with Crippen LogP contribution in [0.2, 0.25) is 0 Å². The van der Waals surface area contributed by atoms with Crippen molar-refractivity contribution in [1.29, 1.82) is 0 Å². The van der Waals surface area contributed by atoms with Crippen molar-refractivity contribution in [2.75, 3.05) is 13.2 Å². The molecule has 0 amide bonds. The van der Waals surface area contributed by atoms with E-state index in [1.165, 1.54) is 6.08 Å². The van der Waals surface area contributed by atoms with Gasteiger partial charge in [-0.05, 0) is 26.3 Å². The molecule has 1 atom stereocenters. The second-order valence-corrected chi connectivity index (χ2v) is 2.99. The normalized spacial score (nSPS) is 12.2. The third-order valence-electron chi connectivity index (χ3n) is 1.84. The lowest BCUT2D eigenvalue weighted by Gasteiger charge is -2.10. The number of esters is 1. The molecular weight excluding hydrogens is 166 g/mol. The van der Waals surface area contributed by atoms with Crippen molar-refractivity contribution in [1.82, 2.24) is 5.32 Å². The molecular formula is C10H19NO2. The fourth-order valence-corrected chi connectivity index (χ4v) is 0.797. The van der Waals surface area contributed by atoms with Gasteiger partial charge in [0, 0.05) is 12.1 Å². The van der Waals surface area contributed by atoms with Crippen LogP contribution in [-0.4, -0.2) is 25.2 Å². The Morgan fingerprint density at radius 2 is 2.38 bits per heavy atom. The van der Waals surface area contributed by atoms with Gasteiger partial charge in [0.2, 0.25) is 0 Å². The first-order chi connectivity index (χ1) is 6.20. The Bertz CT molecular complexity index is 157. The Labute approximate surface area is 80.2 Å². The number of carbonyl (C=O) groups excluding carboxylic acids is 1. The molecule has 76 valence electrons. The first-order valence-electron chi connectivity index (χ1n) is 4.73. The summed E-state index contributed by atoms with van der Waals surface area (Å²) < 4.78 is 4.81. The second-order valence-electron chi connectivity index (χ2n) is 2.99. The molecule has 3 nitrogen and oxygen atoms in total. The molecule has 0 spiro atoms. The van der Waals surface area contributed by atoms with Crippen molar-refractivity contribution in [2.45, 2.75) is 32.7 Å². The van der Waals surface area contributed by atoms with E-state index in [1.54, 1.807) is 0 Å². The highest BCUT2D eigenvalue weighted by atomic mass is 16.5. The van der Waals surface area contributed by atoms with Gasteiger partial charge in [0.25, 0.3) is 0 Å². The third-order valence-corrected chi connectivity index (χ3v) is 1.84. The van der Waals surface area contributed by atoms with Crippen molar-refractivity contribution in [3.8, 4) is 0 Å². The van der Waals surface area contributed by atoms with Crippen LogP contribution in [0.5, 0.6) is 0 Å². The molecule has 0 saturated carbocycles. The van der Waals surface area contributed by atoms with E-state index < -0.39 is 0 Å². The molecule has 0 aromatic carbocycles. The van der Waals surface area contributed by atoms with Crippen LogP contribution < -0.4 is 5.32 Å². The number of rotatable bonds is 7. The van der Waals surface area contributed by atoms with Gasteiger partial charge in [0.1, 0.15) is 0 Å². The summed E-state index contributed by atoms with van der Waals surface area (Å²) in [5.74, 6) is -0.344. The van der Waals surface area contributed by atoms with Gasteiger partial charge in [-0.2, -0.15) is 0 Å². The lowest BCUT2D eigenvalue weighted by Crippen LogP contribution is -2.26. The van der Waals surface area contributed by atoms with Crippen LogP contribution >= 0.6 is 0 Å². The first-order valence-corrected chi connectivity index (χ1v) is 4.73. The average Bonchev–Trinajstić information content (AvgIpc) is 2.16. The largest absolute Gasteiger partial charge is 0.462 e. The van der Waals surface area contributed by atoms with E-state index in [2.05, 4.69) is 25.7 Å². The zero-order valence-electron chi connectivity index (χ0n) is 8.51. The quantitative estimate of drug-likeness (QED) is 0.371. The maximum absolute atomic E-state index is 10.6. The number of hydrogen-bond acceptors (Lipinski definition) is 3. The van der Waals surface area contributed by atoms with Crippen LogP contribution in [0.15, 0.2) is 12.7 Å².